The monoisotopic (exact) mass is 271 g/mol. The summed E-state index contributed by atoms with van der Waals surface area (Å²) in [6.45, 7) is 5.50. The summed E-state index contributed by atoms with van der Waals surface area (Å²) in [6.07, 6.45) is 9.64. The van der Waals surface area contributed by atoms with Crippen molar-refractivity contribution in [3.8, 4) is 0 Å². The van der Waals surface area contributed by atoms with Crippen molar-refractivity contribution in [1.82, 2.24) is 5.32 Å². The third-order valence-electron chi connectivity index (χ3n) is 4.26. The Labute approximate surface area is 117 Å². The molecule has 0 spiro atoms. The first-order valence-corrected chi connectivity index (χ1v) is 8.87. The summed E-state index contributed by atoms with van der Waals surface area (Å²) in [7, 11) is 0. The fourth-order valence-electron chi connectivity index (χ4n) is 3.39. The molecule has 18 heavy (non-hydrogen) atoms. The van der Waals surface area contributed by atoms with Crippen molar-refractivity contribution in [3.05, 3.63) is 0 Å². The van der Waals surface area contributed by atoms with Crippen molar-refractivity contribution < 1.29 is 4.74 Å². The first-order valence-electron chi connectivity index (χ1n) is 7.82. The SMILES string of the molecule is CCCC1CC(NC2CCCC2SCC)CCO1. The molecule has 4 unspecified atom stereocenters. The molecule has 1 heterocycles. The van der Waals surface area contributed by atoms with Gasteiger partial charge in [0.2, 0.25) is 0 Å². The highest BCUT2D eigenvalue weighted by Crippen LogP contribution is 2.31. The summed E-state index contributed by atoms with van der Waals surface area (Å²) in [5.74, 6) is 1.26. The molecule has 0 radical (unpaired) electrons. The van der Waals surface area contributed by atoms with Crippen LogP contribution in [-0.2, 0) is 4.74 Å². The summed E-state index contributed by atoms with van der Waals surface area (Å²) in [4.78, 5) is 0. The quantitative estimate of drug-likeness (QED) is 0.797. The van der Waals surface area contributed by atoms with E-state index < -0.39 is 0 Å². The van der Waals surface area contributed by atoms with E-state index in [-0.39, 0.29) is 0 Å². The highest BCUT2D eigenvalue weighted by atomic mass is 32.2. The van der Waals surface area contributed by atoms with Crippen LogP contribution in [0.2, 0.25) is 0 Å². The smallest absolute Gasteiger partial charge is 0.0589 e. The maximum absolute atomic E-state index is 5.84. The Hall–Kier alpha value is 0.270. The maximum atomic E-state index is 5.84. The molecule has 1 aliphatic heterocycles. The van der Waals surface area contributed by atoms with Gasteiger partial charge in [0, 0.05) is 23.9 Å². The molecule has 2 rings (SSSR count). The number of thioether (sulfide) groups is 1. The molecule has 1 aliphatic carbocycles. The van der Waals surface area contributed by atoms with E-state index >= 15 is 0 Å². The third kappa shape index (κ3) is 4.14. The number of hydrogen-bond acceptors (Lipinski definition) is 3. The Balaban J connectivity index is 1.77. The van der Waals surface area contributed by atoms with Crippen LogP contribution in [0.4, 0.5) is 0 Å². The van der Waals surface area contributed by atoms with Gasteiger partial charge >= 0.3 is 0 Å². The molecule has 0 amide bonds. The van der Waals surface area contributed by atoms with Crippen LogP contribution in [0.3, 0.4) is 0 Å². The molecule has 1 saturated carbocycles. The van der Waals surface area contributed by atoms with E-state index in [2.05, 4.69) is 30.9 Å². The van der Waals surface area contributed by atoms with Crippen molar-refractivity contribution in [3.63, 3.8) is 0 Å². The molecule has 1 saturated heterocycles. The topological polar surface area (TPSA) is 21.3 Å². The summed E-state index contributed by atoms with van der Waals surface area (Å²) in [6, 6.07) is 1.47. The van der Waals surface area contributed by atoms with E-state index in [1.807, 2.05) is 0 Å². The average molecular weight is 271 g/mol. The van der Waals surface area contributed by atoms with Crippen molar-refractivity contribution in [1.29, 1.82) is 0 Å². The van der Waals surface area contributed by atoms with Gasteiger partial charge in [-0.2, -0.15) is 11.8 Å². The second-order valence-corrected chi connectivity index (χ2v) is 7.22. The van der Waals surface area contributed by atoms with Gasteiger partial charge in [-0.15, -0.1) is 0 Å². The minimum Gasteiger partial charge on any atom is -0.378 e. The standard InChI is InChI=1S/C15H29NOS/c1-3-6-13-11-12(9-10-17-13)16-14-7-5-8-15(14)18-4-2/h12-16H,3-11H2,1-2H3. The molecule has 0 aromatic heterocycles. The van der Waals surface area contributed by atoms with Gasteiger partial charge in [0.05, 0.1) is 6.10 Å². The lowest BCUT2D eigenvalue weighted by Crippen LogP contribution is -2.46. The lowest BCUT2D eigenvalue weighted by Gasteiger charge is -2.33. The second-order valence-electron chi connectivity index (χ2n) is 5.70. The third-order valence-corrected chi connectivity index (χ3v) is 5.59. The zero-order chi connectivity index (χ0) is 12.8. The predicted molar refractivity (Wildman–Crippen MR) is 80.4 cm³/mol. The number of nitrogens with one attached hydrogen (secondary N) is 1. The van der Waals surface area contributed by atoms with Crippen LogP contribution >= 0.6 is 11.8 Å². The molecule has 0 aromatic rings. The minimum absolute atomic E-state index is 0.514. The van der Waals surface area contributed by atoms with E-state index in [1.54, 1.807) is 0 Å². The Morgan fingerprint density at radius 1 is 1.22 bits per heavy atom. The molecule has 4 atom stereocenters. The number of hydrogen-bond donors (Lipinski definition) is 1. The van der Waals surface area contributed by atoms with E-state index in [0.29, 0.717) is 12.1 Å². The Morgan fingerprint density at radius 2 is 2.11 bits per heavy atom. The van der Waals surface area contributed by atoms with Crippen LogP contribution in [0, 0.1) is 0 Å². The molecule has 2 aliphatic rings. The molecular weight excluding hydrogens is 242 g/mol. The molecule has 3 heteroatoms. The van der Waals surface area contributed by atoms with Gasteiger partial charge in [0.25, 0.3) is 0 Å². The maximum Gasteiger partial charge on any atom is 0.0589 e. The van der Waals surface area contributed by atoms with Gasteiger partial charge in [0.1, 0.15) is 0 Å². The molecule has 1 N–H and O–H groups in total. The molecule has 0 aromatic carbocycles. The zero-order valence-electron chi connectivity index (χ0n) is 12.0. The van der Waals surface area contributed by atoms with Gasteiger partial charge in [-0.05, 0) is 37.9 Å². The lowest BCUT2D eigenvalue weighted by molar-refractivity contribution is -0.00478. The second kappa shape index (κ2) is 7.76. The largest absolute Gasteiger partial charge is 0.378 e. The zero-order valence-corrected chi connectivity index (χ0v) is 12.8. The van der Waals surface area contributed by atoms with E-state index in [9.17, 15) is 0 Å². The van der Waals surface area contributed by atoms with Gasteiger partial charge in [-0.1, -0.05) is 26.7 Å². The number of ether oxygens (including phenoxy) is 1. The van der Waals surface area contributed by atoms with E-state index in [1.165, 1.54) is 50.7 Å². The predicted octanol–water partition coefficient (Wildman–Crippen LogP) is 3.60. The summed E-state index contributed by atoms with van der Waals surface area (Å²) in [5.41, 5.74) is 0. The van der Waals surface area contributed by atoms with Gasteiger partial charge in [0.15, 0.2) is 0 Å². The van der Waals surface area contributed by atoms with Crippen LogP contribution in [0.15, 0.2) is 0 Å². The summed E-state index contributed by atoms with van der Waals surface area (Å²) < 4.78 is 5.84. The average Bonchev–Trinajstić information content (AvgIpc) is 2.78. The Kier molecular flexibility index (Phi) is 6.33. The first-order chi connectivity index (χ1) is 8.83. The fourth-order valence-corrected chi connectivity index (χ4v) is 4.60. The molecule has 0 bridgehead atoms. The van der Waals surface area contributed by atoms with Crippen molar-refractivity contribution in [2.45, 2.75) is 82.2 Å². The van der Waals surface area contributed by atoms with Crippen molar-refractivity contribution in [2.75, 3.05) is 12.4 Å². The van der Waals surface area contributed by atoms with Crippen LogP contribution in [-0.4, -0.2) is 35.8 Å². The van der Waals surface area contributed by atoms with Crippen LogP contribution in [0.25, 0.3) is 0 Å². The van der Waals surface area contributed by atoms with Crippen molar-refractivity contribution >= 4 is 11.8 Å². The number of rotatable bonds is 6. The van der Waals surface area contributed by atoms with E-state index in [0.717, 1.165) is 17.9 Å². The van der Waals surface area contributed by atoms with Gasteiger partial charge in [-0.25, -0.2) is 0 Å². The minimum atomic E-state index is 0.514. The molecular formula is C15H29NOS. The van der Waals surface area contributed by atoms with Crippen LogP contribution in [0.5, 0.6) is 0 Å². The summed E-state index contributed by atoms with van der Waals surface area (Å²) >= 11 is 2.15. The highest BCUT2D eigenvalue weighted by molar-refractivity contribution is 7.99. The lowest BCUT2D eigenvalue weighted by atomic mass is 9.99. The van der Waals surface area contributed by atoms with Crippen molar-refractivity contribution in [2.24, 2.45) is 0 Å². The fraction of sp³-hybridized carbons (Fsp3) is 1.00. The van der Waals surface area contributed by atoms with E-state index in [4.69, 9.17) is 4.74 Å². The van der Waals surface area contributed by atoms with Gasteiger partial charge < -0.3 is 10.1 Å². The van der Waals surface area contributed by atoms with Crippen LogP contribution in [0.1, 0.15) is 58.8 Å². The Morgan fingerprint density at radius 3 is 2.89 bits per heavy atom. The molecule has 106 valence electrons. The molecule has 2 fully saturated rings. The Bertz CT molecular complexity index is 235. The highest BCUT2D eigenvalue weighted by Gasteiger charge is 2.30. The molecule has 2 nitrogen and oxygen atoms in total. The normalized spacial score (nSPS) is 37.0. The summed E-state index contributed by atoms with van der Waals surface area (Å²) in [5, 5.41) is 4.80. The van der Waals surface area contributed by atoms with Gasteiger partial charge in [-0.3, -0.25) is 0 Å². The first kappa shape index (κ1) is 14.7. The van der Waals surface area contributed by atoms with Crippen LogP contribution < -0.4 is 5.32 Å².